The quantitative estimate of drug-likeness (QED) is 0.204. The molecule has 1 amide bonds. The van der Waals surface area contributed by atoms with Crippen LogP contribution in [0.5, 0.6) is 0 Å². The lowest BCUT2D eigenvalue weighted by molar-refractivity contribution is 0.0356. The summed E-state index contributed by atoms with van der Waals surface area (Å²) in [6.07, 6.45) is 3.76. The van der Waals surface area contributed by atoms with Crippen molar-refractivity contribution in [1.82, 2.24) is 14.5 Å². The van der Waals surface area contributed by atoms with Gasteiger partial charge in [-0.05, 0) is 67.3 Å². The summed E-state index contributed by atoms with van der Waals surface area (Å²) < 4.78 is 1.83. The van der Waals surface area contributed by atoms with Crippen molar-refractivity contribution < 1.29 is 9.90 Å². The third-order valence-corrected chi connectivity index (χ3v) is 9.78. The molecule has 1 atom stereocenters. The van der Waals surface area contributed by atoms with Crippen molar-refractivity contribution in [2.75, 3.05) is 19.7 Å². The molecule has 1 aliphatic rings. The predicted octanol–water partition coefficient (Wildman–Crippen LogP) is 7.84. The molecule has 0 saturated carbocycles. The molecule has 1 saturated heterocycles. The van der Waals surface area contributed by atoms with Crippen molar-refractivity contribution in [3.8, 4) is 27.5 Å². The largest absolute Gasteiger partial charge is 0.396 e. The van der Waals surface area contributed by atoms with E-state index in [0.29, 0.717) is 40.7 Å². The second-order valence-electron chi connectivity index (χ2n) is 12.6. The summed E-state index contributed by atoms with van der Waals surface area (Å²) in [5.74, 6) is 0.105. The number of thiazole rings is 1. The van der Waals surface area contributed by atoms with Crippen LogP contribution >= 0.6 is 22.9 Å². The molecule has 8 heteroatoms. The molecule has 232 valence electrons. The van der Waals surface area contributed by atoms with Gasteiger partial charge in [0.15, 0.2) is 0 Å². The molecule has 1 aliphatic heterocycles. The van der Waals surface area contributed by atoms with Gasteiger partial charge in [-0.15, -0.1) is 11.3 Å². The zero-order valence-corrected chi connectivity index (χ0v) is 27.9. The zero-order chi connectivity index (χ0) is 31.6. The van der Waals surface area contributed by atoms with Crippen molar-refractivity contribution in [1.29, 1.82) is 0 Å². The number of benzene rings is 2. The van der Waals surface area contributed by atoms with Crippen LogP contribution in [0.25, 0.3) is 27.5 Å². The number of rotatable bonds is 9. The number of aromatic nitrogens is 2. The van der Waals surface area contributed by atoms with E-state index in [1.807, 2.05) is 52.1 Å². The first-order chi connectivity index (χ1) is 21.1. The van der Waals surface area contributed by atoms with Crippen molar-refractivity contribution in [3.05, 3.63) is 91.7 Å². The van der Waals surface area contributed by atoms with Crippen LogP contribution in [0.4, 0.5) is 0 Å². The van der Waals surface area contributed by atoms with E-state index in [9.17, 15) is 14.7 Å². The van der Waals surface area contributed by atoms with Gasteiger partial charge in [0.2, 0.25) is 0 Å². The first-order valence-electron chi connectivity index (χ1n) is 15.6. The van der Waals surface area contributed by atoms with Gasteiger partial charge in [-0.3, -0.25) is 14.2 Å². The van der Waals surface area contributed by atoms with Gasteiger partial charge in [-0.2, -0.15) is 0 Å². The standard InChI is InChI=1S/C36H42ClN3O3S/c1-6-24-10-8-11-25(7-2)32(24)40-31(18-23(3)4)28(34(42)39-17-9-16-36(5,21-39)22-41)19-29(35(40)43)33-38-30(20-44-33)26-12-14-27(37)15-13-26/h8,10-15,19-20,23,41H,6-7,9,16-18,21-22H2,1-5H3. The fraction of sp³-hybridized carbons (Fsp3) is 0.417. The number of pyridine rings is 1. The Morgan fingerprint density at radius 3 is 2.41 bits per heavy atom. The van der Waals surface area contributed by atoms with E-state index >= 15 is 0 Å². The van der Waals surface area contributed by atoms with Crippen LogP contribution in [0.15, 0.2) is 58.7 Å². The average Bonchev–Trinajstić information content (AvgIpc) is 3.51. The Labute approximate surface area is 269 Å². The Kier molecular flexibility index (Phi) is 9.78. The number of carbonyl (C=O) groups excluding carboxylic acids is 1. The molecule has 1 N–H and O–H groups in total. The first kappa shape index (κ1) is 32.1. The SMILES string of the molecule is CCc1cccc(CC)c1-n1c(CC(C)C)c(C(=O)N2CCCC(C)(CO)C2)cc(-c2nc(-c3ccc(Cl)cc3)cs2)c1=O. The minimum Gasteiger partial charge on any atom is -0.396 e. The zero-order valence-electron chi connectivity index (χ0n) is 26.3. The highest BCUT2D eigenvalue weighted by Crippen LogP contribution is 2.34. The third kappa shape index (κ3) is 6.42. The fourth-order valence-electron chi connectivity index (χ4n) is 6.26. The third-order valence-electron chi connectivity index (χ3n) is 8.65. The number of carbonyl (C=O) groups is 1. The molecule has 3 heterocycles. The van der Waals surface area contributed by atoms with Crippen molar-refractivity contribution in [2.45, 2.75) is 66.7 Å². The summed E-state index contributed by atoms with van der Waals surface area (Å²) in [7, 11) is 0. The summed E-state index contributed by atoms with van der Waals surface area (Å²) in [5.41, 5.74) is 5.85. The Balaban J connectivity index is 1.79. The Morgan fingerprint density at radius 2 is 1.80 bits per heavy atom. The van der Waals surface area contributed by atoms with Gasteiger partial charge in [0.1, 0.15) is 5.01 Å². The second-order valence-corrected chi connectivity index (χ2v) is 13.9. The molecule has 2 aromatic heterocycles. The number of piperidine rings is 1. The van der Waals surface area contributed by atoms with Gasteiger partial charge < -0.3 is 10.0 Å². The monoisotopic (exact) mass is 631 g/mol. The van der Waals surface area contributed by atoms with Gasteiger partial charge in [0.25, 0.3) is 11.5 Å². The molecular weight excluding hydrogens is 590 g/mol. The molecule has 4 aromatic rings. The van der Waals surface area contributed by atoms with Gasteiger partial charge >= 0.3 is 0 Å². The van der Waals surface area contributed by atoms with Gasteiger partial charge in [0.05, 0.1) is 29.1 Å². The minimum atomic E-state index is -0.351. The molecule has 0 spiro atoms. The number of halogens is 1. The molecule has 2 aromatic carbocycles. The molecular formula is C36H42ClN3O3S. The summed E-state index contributed by atoms with van der Waals surface area (Å²) in [6, 6.07) is 15.5. The molecule has 5 rings (SSSR count). The topological polar surface area (TPSA) is 75.4 Å². The molecule has 0 radical (unpaired) electrons. The second kappa shape index (κ2) is 13.4. The highest BCUT2D eigenvalue weighted by Gasteiger charge is 2.35. The summed E-state index contributed by atoms with van der Waals surface area (Å²) >= 11 is 7.53. The van der Waals surface area contributed by atoms with Crippen LogP contribution in [0, 0.1) is 11.3 Å². The normalized spacial score (nSPS) is 17.0. The van der Waals surface area contributed by atoms with E-state index < -0.39 is 0 Å². The summed E-state index contributed by atoms with van der Waals surface area (Å²) in [5, 5.41) is 13.3. The number of hydrogen-bond donors (Lipinski definition) is 1. The lowest BCUT2D eigenvalue weighted by Gasteiger charge is -2.39. The average molecular weight is 632 g/mol. The van der Waals surface area contributed by atoms with Crippen molar-refractivity contribution >= 4 is 28.8 Å². The van der Waals surface area contributed by atoms with Crippen LogP contribution in [0.3, 0.4) is 0 Å². The predicted molar refractivity (Wildman–Crippen MR) is 181 cm³/mol. The molecule has 44 heavy (non-hydrogen) atoms. The van der Waals surface area contributed by atoms with Gasteiger partial charge in [0, 0.05) is 40.2 Å². The van der Waals surface area contributed by atoms with E-state index in [2.05, 4.69) is 39.8 Å². The van der Waals surface area contributed by atoms with E-state index in [4.69, 9.17) is 16.6 Å². The van der Waals surface area contributed by atoms with E-state index in [0.717, 1.165) is 59.4 Å². The number of para-hydroxylation sites is 1. The van der Waals surface area contributed by atoms with Crippen LogP contribution in [-0.4, -0.2) is 45.2 Å². The van der Waals surface area contributed by atoms with Crippen molar-refractivity contribution in [2.24, 2.45) is 11.3 Å². The molecule has 1 fully saturated rings. The Morgan fingerprint density at radius 1 is 1.11 bits per heavy atom. The minimum absolute atomic E-state index is 0.0245. The maximum Gasteiger partial charge on any atom is 0.265 e. The lowest BCUT2D eigenvalue weighted by atomic mass is 9.82. The number of aliphatic hydroxyl groups excluding tert-OH is 1. The van der Waals surface area contributed by atoms with E-state index in [1.54, 1.807) is 6.07 Å². The van der Waals surface area contributed by atoms with Crippen molar-refractivity contribution in [3.63, 3.8) is 0 Å². The van der Waals surface area contributed by atoms with Gasteiger partial charge in [-0.25, -0.2) is 4.98 Å². The van der Waals surface area contributed by atoms with Crippen LogP contribution in [-0.2, 0) is 19.3 Å². The lowest BCUT2D eigenvalue weighted by Crippen LogP contribution is -2.47. The highest BCUT2D eigenvalue weighted by atomic mass is 35.5. The number of likely N-dealkylation sites (tertiary alicyclic amines) is 1. The molecule has 0 bridgehead atoms. The number of aliphatic hydroxyl groups is 1. The van der Waals surface area contributed by atoms with Gasteiger partial charge in [-0.1, -0.05) is 76.6 Å². The van der Waals surface area contributed by atoms with E-state index in [1.165, 1.54) is 11.3 Å². The number of amides is 1. The smallest absolute Gasteiger partial charge is 0.265 e. The maximum absolute atomic E-state index is 14.8. The number of hydrogen-bond acceptors (Lipinski definition) is 5. The van der Waals surface area contributed by atoms with E-state index in [-0.39, 0.29) is 29.4 Å². The Bertz CT molecular complexity index is 1690. The highest BCUT2D eigenvalue weighted by molar-refractivity contribution is 7.13. The van der Waals surface area contributed by atoms with Crippen LogP contribution < -0.4 is 5.56 Å². The molecule has 0 aliphatic carbocycles. The number of aryl methyl sites for hydroxylation is 2. The van der Waals surface area contributed by atoms with Crippen LogP contribution in [0.1, 0.15) is 74.6 Å². The van der Waals surface area contributed by atoms with Crippen LogP contribution in [0.2, 0.25) is 5.02 Å². The molecule has 1 unspecified atom stereocenters. The first-order valence-corrected chi connectivity index (χ1v) is 16.9. The number of nitrogens with zero attached hydrogens (tertiary/aromatic N) is 3. The molecule has 6 nitrogen and oxygen atoms in total. The summed E-state index contributed by atoms with van der Waals surface area (Å²) in [6.45, 7) is 11.6. The summed E-state index contributed by atoms with van der Waals surface area (Å²) in [4.78, 5) is 36.1. The maximum atomic E-state index is 14.8. The Hall–Kier alpha value is -3.26. The fourth-order valence-corrected chi connectivity index (χ4v) is 7.22.